The summed E-state index contributed by atoms with van der Waals surface area (Å²) in [6.07, 6.45) is 12.6. The molecule has 1 aromatic heterocycles. The number of piperidine rings is 1. The molecule has 3 rings (SSSR count). The Labute approximate surface area is 144 Å². The van der Waals surface area contributed by atoms with Gasteiger partial charge in [0.1, 0.15) is 5.82 Å². The predicted octanol–water partition coefficient (Wildman–Crippen LogP) is 3.36. The number of hydrogen-bond acceptors (Lipinski definition) is 3. The number of aromatic nitrogens is 2. The molecular weight excluding hydrogens is 306 g/mol. The van der Waals surface area contributed by atoms with Crippen LogP contribution in [0, 0.1) is 5.92 Å². The number of thioether (sulfide) groups is 1. The highest BCUT2D eigenvalue weighted by Gasteiger charge is 2.24. The van der Waals surface area contributed by atoms with Gasteiger partial charge in [-0.2, -0.15) is 0 Å². The summed E-state index contributed by atoms with van der Waals surface area (Å²) in [6, 6.07) is 0. The summed E-state index contributed by atoms with van der Waals surface area (Å²) in [5, 5.41) is 0.741. The third-order valence-corrected chi connectivity index (χ3v) is 6.64. The largest absolute Gasteiger partial charge is 0.342 e. The summed E-state index contributed by atoms with van der Waals surface area (Å²) in [5.41, 5.74) is 0. The molecule has 1 aromatic rings. The Bertz CT molecular complexity index is 502. The van der Waals surface area contributed by atoms with Gasteiger partial charge in [0.15, 0.2) is 0 Å². The van der Waals surface area contributed by atoms with Gasteiger partial charge in [0.05, 0.1) is 5.75 Å². The smallest absolute Gasteiger partial charge is 0.232 e. The van der Waals surface area contributed by atoms with E-state index in [1.165, 1.54) is 31.5 Å². The van der Waals surface area contributed by atoms with Crippen LogP contribution in [0.15, 0.2) is 12.4 Å². The second-order valence-corrected chi connectivity index (χ2v) is 8.18. The van der Waals surface area contributed by atoms with E-state index in [0.717, 1.165) is 44.1 Å². The van der Waals surface area contributed by atoms with Crippen LogP contribution in [0.1, 0.15) is 51.3 Å². The van der Waals surface area contributed by atoms with Gasteiger partial charge < -0.3 is 9.47 Å². The van der Waals surface area contributed by atoms with E-state index >= 15 is 0 Å². The van der Waals surface area contributed by atoms with E-state index in [-0.39, 0.29) is 0 Å². The molecule has 0 atom stereocenters. The molecule has 0 unspecified atom stereocenters. The van der Waals surface area contributed by atoms with Crippen molar-refractivity contribution >= 4 is 17.7 Å². The number of carbonyl (C=O) groups is 1. The van der Waals surface area contributed by atoms with Gasteiger partial charge in [0, 0.05) is 43.7 Å². The van der Waals surface area contributed by atoms with E-state index < -0.39 is 0 Å². The zero-order valence-corrected chi connectivity index (χ0v) is 15.1. The normalized spacial score (nSPS) is 20.3. The molecular formula is C18H29N3OS. The first-order valence-electron chi connectivity index (χ1n) is 9.15. The quantitative estimate of drug-likeness (QED) is 0.800. The van der Waals surface area contributed by atoms with Gasteiger partial charge in [0.2, 0.25) is 5.91 Å². The van der Waals surface area contributed by atoms with Crippen molar-refractivity contribution in [3.8, 4) is 0 Å². The lowest BCUT2D eigenvalue weighted by Crippen LogP contribution is -2.40. The van der Waals surface area contributed by atoms with Gasteiger partial charge >= 0.3 is 0 Å². The molecule has 23 heavy (non-hydrogen) atoms. The third kappa shape index (κ3) is 4.52. The van der Waals surface area contributed by atoms with Crippen molar-refractivity contribution in [3.05, 3.63) is 18.2 Å². The molecule has 2 fully saturated rings. The number of hydrogen-bond donors (Lipinski definition) is 0. The van der Waals surface area contributed by atoms with Gasteiger partial charge in [-0.15, -0.1) is 11.8 Å². The number of likely N-dealkylation sites (tertiary alicyclic amines) is 1. The summed E-state index contributed by atoms with van der Waals surface area (Å²) in [5.74, 6) is 2.91. The lowest BCUT2D eigenvalue weighted by Gasteiger charge is -2.32. The number of rotatable bonds is 6. The maximum Gasteiger partial charge on any atom is 0.232 e. The van der Waals surface area contributed by atoms with Crippen LogP contribution in [-0.4, -0.2) is 44.5 Å². The Morgan fingerprint density at radius 1 is 1.26 bits per heavy atom. The second kappa shape index (κ2) is 8.22. The highest BCUT2D eigenvalue weighted by Crippen LogP contribution is 2.30. The molecule has 1 amide bonds. The molecule has 2 heterocycles. The van der Waals surface area contributed by atoms with Crippen molar-refractivity contribution in [1.29, 1.82) is 0 Å². The Morgan fingerprint density at radius 2 is 2.00 bits per heavy atom. The van der Waals surface area contributed by atoms with Gasteiger partial charge in [-0.3, -0.25) is 4.79 Å². The fourth-order valence-corrected chi connectivity index (χ4v) is 5.03. The average molecular weight is 336 g/mol. The minimum atomic E-state index is 0.359. The first kappa shape index (κ1) is 16.9. The molecule has 1 saturated carbocycles. The lowest BCUT2D eigenvalue weighted by molar-refractivity contribution is -0.129. The fraction of sp³-hybridized carbons (Fsp3) is 0.778. The number of amides is 1. The zero-order chi connectivity index (χ0) is 16.1. The summed E-state index contributed by atoms with van der Waals surface area (Å²) in [7, 11) is 0. The van der Waals surface area contributed by atoms with Crippen molar-refractivity contribution in [1.82, 2.24) is 14.5 Å². The molecule has 5 heteroatoms. The number of nitrogens with zero attached hydrogens (tertiary/aromatic N) is 3. The SMILES string of the molecule is CCc1nccn1CC1CCN(C(=O)CSC2CCCC2)CC1. The molecule has 2 aliphatic rings. The molecule has 0 bridgehead atoms. The summed E-state index contributed by atoms with van der Waals surface area (Å²) in [4.78, 5) is 18.9. The molecule has 1 aliphatic heterocycles. The van der Waals surface area contributed by atoms with E-state index in [2.05, 4.69) is 27.6 Å². The first-order chi connectivity index (χ1) is 11.3. The number of aryl methyl sites for hydroxylation is 1. The van der Waals surface area contributed by atoms with Crippen LogP contribution >= 0.6 is 11.8 Å². The summed E-state index contributed by atoms with van der Waals surface area (Å²) in [6.45, 7) is 5.08. The third-order valence-electron chi connectivity index (χ3n) is 5.28. The number of imidazole rings is 1. The Balaban J connectivity index is 1.40. The van der Waals surface area contributed by atoms with Crippen LogP contribution in [0.4, 0.5) is 0 Å². The van der Waals surface area contributed by atoms with Gasteiger partial charge in [-0.1, -0.05) is 19.8 Å². The van der Waals surface area contributed by atoms with Crippen molar-refractivity contribution in [2.45, 2.75) is 63.7 Å². The maximum absolute atomic E-state index is 12.4. The van der Waals surface area contributed by atoms with Crippen LogP contribution in [0.2, 0.25) is 0 Å². The van der Waals surface area contributed by atoms with Crippen LogP contribution < -0.4 is 0 Å². The minimum absolute atomic E-state index is 0.359. The van der Waals surface area contributed by atoms with Gasteiger partial charge in [0.25, 0.3) is 0 Å². The summed E-state index contributed by atoms with van der Waals surface area (Å²) >= 11 is 1.89. The maximum atomic E-state index is 12.4. The highest BCUT2D eigenvalue weighted by molar-refractivity contribution is 8.00. The van der Waals surface area contributed by atoms with Crippen molar-refractivity contribution in [2.24, 2.45) is 5.92 Å². The molecule has 0 radical (unpaired) electrons. The summed E-state index contributed by atoms with van der Waals surface area (Å²) < 4.78 is 2.29. The standard InChI is InChI=1S/C18H29N3OS/c1-2-17-19-9-12-21(17)13-15-7-10-20(11-8-15)18(22)14-23-16-5-3-4-6-16/h9,12,15-16H,2-8,10-11,13-14H2,1H3. The van der Waals surface area contributed by atoms with Crippen LogP contribution in [-0.2, 0) is 17.8 Å². The van der Waals surface area contributed by atoms with Crippen molar-refractivity contribution in [3.63, 3.8) is 0 Å². The molecule has 1 saturated heterocycles. The van der Waals surface area contributed by atoms with Gasteiger partial charge in [-0.25, -0.2) is 4.98 Å². The van der Waals surface area contributed by atoms with Crippen LogP contribution in [0.5, 0.6) is 0 Å². The van der Waals surface area contributed by atoms with Gasteiger partial charge in [-0.05, 0) is 31.6 Å². The Kier molecular flexibility index (Phi) is 6.03. The Morgan fingerprint density at radius 3 is 2.70 bits per heavy atom. The number of carbonyl (C=O) groups excluding carboxylic acids is 1. The predicted molar refractivity (Wildman–Crippen MR) is 95.6 cm³/mol. The van der Waals surface area contributed by atoms with E-state index in [1.54, 1.807) is 0 Å². The van der Waals surface area contributed by atoms with E-state index in [1.807, 2.05) is 18.0 Å². The lowest BCUT2D eigenvalue weighted by atomic mass is 9.96. The van der Waals surface area contributed by atoms with E-state index in [4.69, 9.17) is 0 Å². The molecule has 1 aliphatic carbocycles. The monoisotopic (exact) mass is 335 g/mol. The zero-order valence-electron chi connectivity index (χ0n) is 14.2. The first-order valence-corrected chi connectivity index (χ1v) is 10.2. The molecule has 128 valence electrons. The topological polar surface area (TPSA) is 38.1 Å². The van der Waals surface area contributed by atoms with Crippen molar-refractivity contribution in [2.75, 3.05) is 18.8 Å². The molecule has 0 aromatic carbocycles. The van der Waals surface area contributed by atoms with E-state index in [9.17, 15) is 4.79 Å². The van der Waals surface area contributed by atoms with Crippen molar-refractivity contribution < 1.29 is 4.79 Å². The molecule has 0 spiro atoms. The molecule has 4 nitrogen and oxygen atoms in total. The van der Waals surface area contributed by atoms with Crippen LogP contribution in [0.25, 0.3) is 0 Å². The van der Waals surface area contributed by atoms with E-state index in [0.29, 0.717) is 17.6 Å². The fourth-order valence-electron chi connectivity index (χ4n) is 3.80. The Hall–Kier alpha value is -0.970. The molecule has 0 N–H and O–H groups in total. The minimum Gasteiger partial charge on any atom is -0.342 e. The highest BCUT2D eigenvalue weighted by atomic mass is 32.2. The second-order valence-electron chi connectivity index (χ2n) is 6.89. The van der Waals surface area contributed by atoms with Crippen LogP contribution in [0.3, 0.4) is 0 Å². The average Bonchev–Trinajstić information content (AvgIpc) is 3.24.